The molecule has 1 heterocycles. The van der Waals surface area contributed by atoms with Crippen molar-refractivity contribution in [3.05, 3.63) is 58.3 Å². The zero-order valence-corrected chi connectivity index (χ0v) is 8.96. The summed E-state index contributed by atoms with van der Waals surface area (Å²) in [6.07, 6.45) is 0.664. The first kappa shape index (κ1) is 8.86. The van der Waals surface area contributed by atoms with Gasteiger partial charge in [-0.15, -0.1) is 11.3 Å². The summed E-state index contributed by atoms with van der Waals surface area (Å²) in [6.45, 7) is 0. The lowest BCUT2D eigenvalue weighted by Gasteiger charge is -2.10. The van der Waals surface area contributed by atoms with Gasteiger partial charge in [0, 0.05) is 11.3 Å². The van der Waals surface area contributed by atoms with E-state index in [2.05, 4.69) is 6.07 Å². The number of hydrogen-bond donors (Lipinski definition) is 0. The normalized spacial score (nSPS) is 24.1. The first-order valence-corrected chi connectivity index (χ1v) is 5.85. The highest BCUT2D eigenvalue weighted by Crippen LogP contribution is 2.51. The largest absolute Gasteiger partial charge is 0.298 e. The summed E-state index contributed by atoms with van der Waals surface area (Å²) >= 11 is 1.67. The molecule has 0 amide bonds. The summed E-state index contributed by atoms with van der Waals surface area (Å²) in [5.74, 6) is 0.344. The van der Waals surface area contributed by atoms with Crippen molar-refractivity contribution < 1.29 is 4.79 Å². The minimum Gasteiger partial charge on any atom is -0.298 e. The number of thiophene rings is 1. The van der Waals surface area contributed by atoms with Crippen LogP contribution in [0.25, 0.3) is 0 Å². The minimum absolute atomic E-state index is 0.296. The molecule has 0 N–H and O–H groups in total. The van der Waals surface area contributed by atoms with E-state index in [1.807, 2.05) is 41.8 Å². The maximum atomic E-state index is 11.7. The SMILES string of the molecule is O=C1CC1(c1ccccc1)c1cccs1. The Labute approximate surface area is 92.4 Å². The first-order valence-electron chi connectivity index (χ1n) is 4.97. The molecule has 0 saturated heterocycles. The van der Waals surface area contributed by atoms with Crippen molar-refractivity contribution in [1.82, 2.24) is 0 Å². The molecule has 1 aromatic heterocycles. The fourth-order valence-electron chi connectivity index (χ4n) is 2.07. The average Bonchev–Trinajstić information content (AvgIpc) is 2.75. The summed E-state index contributed by atoms with van der Waals surface area (Å²) in [5.41, 5.74) is 0.840. The van der Waals surface area contributed by atoms with E-state index in [1.54, 1.807) is 11.3 Å². The number of rotatable bonds is 2. The Morgan fingerprint density at radius 3 is 2.33 bits per heavy atom. The van der Waals surface area contributed by atoms with E-state index < -0.39 is 0 Å². The third kappa shape index (κ3) is 1.18. The Bertz CT molecular complexity index is 487. The number of hydrogen-bond acceptors (Lipinski definition) is 2. The molecule has 1 nitrogen and oxygen atoms in total. The van der Waals surface area contributed by atoms with Crippen molar-refractivity contribution in [3.8, 4) is 0 Å². The molecule has 2 heteroatoms. The molecule has 1 saturated carbocycles. The Morgan fingerprint density at radius 1 is 1.07 bits per heavy atom. The molecule has 0 radical (unpaired) electrons. The molecular formula is C13H10OS. The molecule has 1 aliphatic rings. The van der Waals surface area contributed by atoms with Gasteiger partial charge in [0.1, 0.15) is 0 Å². The number of Topliss-reactive ketones (excluding diaryl/α,β-unsaturated/α-hetero) is 1. The Morgan fingerprint density at radius 2 is 1.80 bits per heavy atom. The Balaban J connectivity index is 2.14. The molecular weight excluding hydrogens is 204 g/mol. The predicted molar refractivity (Wildman–Crippen MR) is 61.2 cm³/mol. The van der Waals surface area contributed by atoms with Crippen LogP contribution in [-0.4, -0.2) is 5.78 Å². The van der Waals surface area contributed by atoms with Crippen LogP contribution in [-0.2, 0) is 10.2 Å². The van der Waals surface area contributed by atoms with E-state index in [4.69, 9.17) is 0 Å². The van der Waals surface area contributed by atoms with Crippen LogP contribution in [0.3, 0.4) is 0 Å². The van der Waals surface area contributed by atoms with Gasteiger partial charge in [0.25, 0.3) is 0 Å². The highest BCUT2D eigenvalue weighted by atomic mass is 32.1. The molecule has 1 atom stereocenters. The maximum absolute atomic E-state index is 11.7. The summed E-state index contributed by atoms with van der Waals surface area (Å²) in [4.78, 5) is 12.9. The first-order chi connectivity index (χ1) is 7.34. The van der Waals surface area contributed by atoms with Gasteiger partial charge in [-0.25, -0.2) is 0 Å². The second-order valence-electron chi connectivity index (χ2n) is 3.85. The van der Waals surface area contributed by atoms with Gasteiger partial charge in [0.05, 0.1) is 5.41 Å². The lowest BCUT2D eigenvalue weighted by Crippen LogP contribution is -2.09. The smallest absolute Gasteiger partial charge is 0.150 e. The highest BCUT2D eigenvalue weighted by molar-refractivity contribution is 7.10. The fourth-order valence-corrected chi connectivity index (χ4v) is 3.04. The third-order valence-corrected chi connectivity index (χ3v) is 4.02. The molecule has 1 aliphatic carbocycles. The van der Waals surface area contributed by atoms with Crippen molar-refractivity contribution in [3.63, 3.8) is 0 Å². The predicted octanol–water partition coefficient (Wildman–Crippen LogP) is 3.01. The zero-order valence-electron chi connectivity index (χ0n) is 8.14. The van der Waals surface area contributed by atoms with Gasteiger partial charge < -0.3 is 0 Å². The van der Waals surface area contributed by atoms with E-state index in [0.717, 1.165) is 5.56 Å². The van der Waals surface area contributed by atoms with Crippen LogP contribution in [0.5, 0.6) is 0 Å². The molecule has 1 fully saturated rings. The van der Waals surface area contributed by atoms with Gasteiger partial charge in [-0.3, -0.25) is 4.79 Å². The minimum atomic E-state index is -0.296. The molecule has 0 bridgehead atoms. The molecule has 1 unspecified atom stereocenters. The van der Waals surface area contributed by atoms with Gasteiger partial charge in [-0.1, -0.05) is 36.4 Å². The molecule has 0 aliphatic heterocycles. The quantitative estimate of drug-likeness (QED) is 0.751. The van der Waals surface area contributed by atoms with Crippen molar-refractivity contribution in [1.29, 1.82) is 0 Å². The second kappa shape index (κ2) is 3.04. The molecule has 1 aromatic carbocycles. The van der Waals surface area contributed by atoms with Crippen molar-refractivity contribution in [2.45, 2.75) is 11.8 Å². The van der Waals surface area contributed by atoms with Crippen LogP contribution < -0.4 is 0 Å². The number of carbonyl (C=O) groups is 1. The van der Waals surface area contributed by atoms with Crippen LogP contribution in [0.15, 0.2) is 47.8 Å². The van der Waals surface area contributed by atoms with Gasteiger partial charge in [0.15, 0.2) is 5.78 Å². The van der Waals surface area contributed by atoms with E-state index in [1.165, 1.54) is 4.88 Å². The Kier molecular flexibility index (Phi) is 1.80. The average molecular weight is 214 g/mol. The van der Waals surface area contributed by atoms with E-state index in [0.29, 0.717) is 12.2 Å². The van der Waals surface area contributed by atoms with Gasteiger partial charge in [-0.2, -0.15) is 0 Å². The summed E-state index contributed by atoms with van der Waals surface area (Å²) < 4.78 is 0. The fraction of sp³-hybridized carbons (Fsp3) is 0.154. The monoisotopic (exact) mass is 214 g/mol. The maximum Gasteiger partial charge on any atom is 0.150 e. The number of ketones is 1. The van der Waals surface area contributed by atoms with E-state index in [-0.39, 0.29) is 5.41 Å². The summed E-state index contributed by atoms with van der Waals surface area (Å²) in [6, 6.07) is 14.1. The molecule has 2 aromatic rings. The highest BCUT2D eigenvalue weighted by Gasteiger charge is 2.56. The van der Waals surface area contributed by atoms with Crippen molar-refractivity contribution in [2.75, 3.05) is 0 Å². The van der Waals surface area contributed by atoms with Crippen LogP contribution in [0.4, 0.5) is 0 Å². The van der Waals surface area contributed by atoms with Gasteiger partial charge in [-0.05, 0) is 17.0 Å². The third-order valence-electron chi connectivity index (χ3n) is 2.99. The van der Waals surface area contributed by atoms with Crippen LogP contribution in [0.2, 0.25) is 0 Å². The van der Waals surface area contributed by atoms with Gasteiger partial charge in [0.2, 0.25) is 0 Å². The zero-order chi connectivity index (χ0) is 10.3. The molecule has 15 heavy (non-hydrogen) atoms. The second-order valence-corrected chi connectivity index (χ2v) is 4.80. The lowest BCUT2D eigenvalue weighted by atomic mass is 9.94. The molecule has 74 valence electrons. The topological polar surface area (TPSA) is 17.1 Å². The number of benzene rings is 1. The number of carbonyl (C=O) groups excluding carboxylic acids is 1. The van der Waals surface area contributed by atoms with Gasteiger partial charge >= 0.3 is 0 Å². The lowest BCUT2D eigenvalue weighted by molar-refractivity contribution is -0.111. The standard InChI is InChI=1S/C13H10OS/c14-11-9-13(11,12-7-4-8-15-12)10-5-2-1-3-6-10/h1-8H,9H2. The molecule has 3 rings (SSSR count). The Hall–Kier alpha value is -1.41. The van der Waals surface area contributed by atoms with Crippen molar-refractivity contribution in [2.24, 2.45) is 0 Å². The summed E-state index contributed by atoms with van der Waals surface area (Å²) in [7, 11) is 0. The van der Waals surface area contributed by atoms with E-state index in [9.17, 15) is 4.79 Å². The van der Waals surface area contributed by atoms with Crippen LogP contribution in [0.1, 0.15) is 16.9 Å². The van der Waals surface area contributed by atoms with Crippen LogP contribution >= 0.6 is 11.3 Å². The van der Waals surface area contributed by atoms with E-state index >= 15 is 0 Å². The summed E-state index contributed by atoms with van der Waals surface area (Å²) in [5, 5.41) is 2.03. The molecule has 0 spiro atoms. The van der Waals surface area contributed by atoms with Crippen LogP contribution in [0, 0.1) is 0 Å². The van der Waals surface area contributed by atoms with Crippen molar-refractivity contribution >= 4 is 17.1 Å².